The van der Waals surface area contributed by atoms with Gasteiger partial charge >= 0.3 is 0 Å². The van der Waals surface area contributed by atoms with Crippen molar-refractivity contribution in [3.8, 4) is 23.1 Å². The van der Waals surface area contributed by atoms with E-state index in [0.29, 0.717) is 17.0 Å². The SMILES string of the molecule is Cc1cc(OC2CC2)c(C#N)c(-c2ccnn2C)c1F. The van der Waals surface area contributed by atoms with E-state index in [0.717, 1.165) is 12.8 Å². The van der Waals surface area contributed by atoms with E-state index in [9.17, 15) is 9.65 Å². The summed E-state index contributed by atoms with van der Waals surface area (Å²) in [4.78, 5) is 0. The van der Waals surface area contributed by atoms with Gasteiger partial charge in [0, 0.05) is 13.2 Å². The zero-order valence-electron chi connectivity index (χ0n) is 11.4. The molecule has 0 N–H and O–H groups in total. The van der Waals surface area contributed by atoms with E-state index in [1.54, 1.807) is 37.0 Å². The molecule has 2 aromatic rings. The molecule has 102 valence electrons. The van der Waals surface area contributed by atoms with Crippen molar-refractivity contribution in [2.24, 2.45) is 7.05 Å². The standard InChI is InChI=1S/C15H14FN3O/c1-9-7-13(20-10-3-4-10)11(8-17)14(15(9)16)12-5-6-18-19(12)2/h5-7,10H,3-4H2,1-2H3. The molecule has 1 saturated carbocycles. The summed E-state index contributed by atoms with van der Waals surface area (Å²) in [6.07, 6.45) is 3.72. The van der Waals surface area contributed by atoms with Gasteiger partial charge in [-0.2, -0.15) is 10.4 Å². The Morgan fingerprint density at radius 3 is 2.80 bits per heavy atom. The van der Waals surface area contributed by atoms with Gasteiger partial charge in [0.2, 0.25) is 0 Å². The quantitative estimate of drug-likeness (QED) is 0.862. The summed E-state index contributed by atoms with van der Waals surface area (Å²) in [6, 6.07) is 5.37. The molecule has 1 aliphatic rings. The Hall–Kier alpha value is -2.35. The van der Waals surface area contributed by atoms with E-state index in [1.165, 1.54) is 0 Å². The van der Waals surface area contributed by atoms with E-state index in [1.807, 2.05) is 0 Å². The van der Waals surface area contributed by atoms with Crippen molar-refractivity contribution in [3.05, 3.63) is 35.3 Å². The monoisotopic (exact) mass is 271 g/mol. The molecular formula is C15H14FN3O. The molecule has 1 aromatic heterocycles. The summed E-state index contributed by atoms with van der Waals surface area (Å²) in [5, 5.41) is 13.5. The number of ether oxygens (including phenoxy) is 1. The number of hydrogen-bond acceptors (Lipinski definition) is 3. The summed E-state index contributed by atoms with van der Waals surface area (Å²) in [7, 11) is 1.72. The van der Waals surface area contributed by atoms with Gasteiger partial charge in [-0.1, -0.05) is 0 Å². The van der Waals surface area contributed by atoms with Crippen LogP contribution < -0.4 is 4.74 Å². The van der Waals surface area contributed by atoms with Crippen LogP contribution in [0.15, 0.2) is 18.3 Å². The van der Waals surface area contributed by atoms with Crippen LogP contribution in [0.2, 0.25) is 0 Å². The van der Waals surface area contributed by atoms with Gasteiger partial charge in [-0.15, -0.1) is 0 Å². The van der Waals surface area contributed by atoms with Crippen LogP contribution in [0.3, 0.4) is 0 Å². The molecule has 3 rings (SSSR count). The molecule has 1 fully saturated rings. The molecule has 1 aliphatic carbocycles. The number of rotatable bonds is 3. The molecule has 0 aliphatic heterocycles. The molecule has 0 radical (unpaired) electrons. The highest BCUT2D eigenvalue weighted by Gasteiger charge is 2.27. The van der Waals surface area contributed by atoms with Crippen molar-refractivity contribution in [3.63, 3.8) is 0 Å². The molecule has 1 heterocycles. The summed E-state index contributed by atoms with van der Waals surface area (Å²) < 4.78 is 21.8. The average Bonchev–Trinajstić information content (AvgIpc) is 3.14. The van der Waals surface area contributed by atoms with Crippen LogP contribution in [-0.2, 0) is 7.05 Å². The number of nitriles is 1. The fraction of sp³-hybridized carbons (Fsp3) is 0.333. The molecule has 0 atom stereocenters. The van der Waals surface area contributed by atoms with Crippen LogP contribution in [0.1, 0.15) is 24.0 Å². The lowest BCUT2D eigenvalue weighted by Gasteiger charge is -2.14. The fourth-order valence-electron chi connectivity index (χ4n) is 2.19. The van der Waals surface area contributed by atoms with E-state index in [-0.39, 0.29) is 17.2 Å². The van der Waals surface area contributed by atoms with Crippen molar-refractivity contribution in [1.29, 1.82) is 5.26 Å². The minimum atomic E-state index is -0.395. The van der Waals surface area contributed by atoms with Gasteiger partial charge in [0.1, 0.15) is 23.2 Å². The second-order valence-electron chi connectivity index (χ2n) is 5.02. The molecule has 0 spiro atoms. The highest BCUT2D eigenvalue weighted by molar-refractivity contribution is 5.73. The molecule has 5 heteroatoms. The van der Waals surface area contributed by atoms with Crippen LogP contribution in [0.4, 0.5) is 4.39 Å². The lowest BCUT2D eigenvalue weighted by molar-refractivity contribution is 0.301. The zero-order chi connectivity index (χ0) is 14.3. The summed E-state index contributed by atoms with van der Waals surface area (Å²) in [5.74, 6) is 0.0680. The molecule has 4 nitrogen and oxygen atoms in total. The number of aromatic nitrogens is 2. The summed E-state index contributed by atoms with van der Waals surface area (Å²) >= 11 is 0. The van der Waals surface area contributed by atoms with Gasteiger partial charge < -0.3 is 4.74 Å². The van der Waals surface area contributed by atoms with Crippen LogP contribution in [0.25, 0.3) is 11.3 Å². The Labute approximate surface area is 116 Å². The van der Waals surface area contributed by atoms with E-state index < -0.39 is 5.82 Å². The third-order valence-corrected chi connectivity index (χ3v) is 3.42. The minimum absolute atomic E-state index is 0.159. The van der Waals surface area contributed by atoms with Gasteiger partial charge in [-0.3, -0.25) is 4.68 Å². The number of nitrogens with zero attached hydrogens (tertiary/aromatic N) is 3. The predicted molar refractivity (Wildman–Crippen MR) is 71.7 cm³/mol. The first-order valence-electron chi connectivity index (χ1n) is 6.50. The topological polar surface area (TPSA) is 50.8 Å². The fourth-order valence-corrected chi connectivity index (χ4v) is 2.19. The second kappa shape index (κ2) is 4.64. The zero-order valence-corrected chi connectivity index (χ0v) is 11.4. The number of benzene rings is 1. The Morgan fingerprint density at radius 2 is 2.25 bits per heavy atom. The molecule has 0 unspecified atom stereocenters. The van der Waals surface area contributed by atoms with Crippen LogP contribution in [0.5, 0.6) is 5.75 Å². The summed E-state index contributed by atoms with van der Waals surface area (Å²) in [6.45, 7) is 1.68. The smallest absolute Gasteiger partial charge is 0.138 e. The van der Waals surface area contributed by atoms with Crippen molar-refractivity contribution < 1.29 is 9.13 Å². The van der Waals surface area contributed by atoms with Crippen LogP contribution in [-0.4, -0.2) is 15.9 Å². The van der Waals surface area contributed by atoms with E-state index in [2.05, 4.69) is 11.2 Å². The molecular weight excluding hydrogens is 257 g/mol. The second-order valence-corrected chi connectivity index (χ2v) is 5.02. The lowest BCUT2D eigenvalue weighted by atomic mass is 10.00. The normalized spacial score (nSPS) is 14.1. The first kappa shape index (κ1) is 12.7. The number of aryl methyl sites for hydroxylation is 2. The first-order chi connectivity index (χ1) is 9.61. The molecule has 0 saturated heterocycles. The van der Waals surface area contributed by atoms with Gasteiger partial charge in [0.25, 0.3) is 0 Å². The largest absolute Gasteiger partial charge is 0.489 e. The lowest BCUT2D eigenvalue weighted by Crippen LogP contribution is -2.05. The van der Waals surface area contributed by atoms with E-state index in [4.69, 9.17) is 4.74 Å². The molecule has 0 bridgehead atoms. The Balaban J connectivity index is 2.23. The third kappa shape index (κ3) is 2.03. The molecule has 0 amide bonds. The number of hydrogen-bond donors (Lipinski definition) is 0. The Morgan fingerprint density at radius 1 is 1.50 bits per heavy atom. The van der Waals surface area contributed by atoms with Gasteiger partial charge in [0.15, 0.2) is 0 Å². The number of halogens is 1. The van der Waals surface area contributed by atoms with Crippen molar-refractivity contribution >= 4 is 0 Å². The maximum absolute atomic E-state index is 14.5. The summed E-state index contributed by atoms with van der Waals surface area (Å²) in [5.41, 5.74) is 1.55. The predicted octanol–water partition coefficient (Wildman–Crippen LogP) is 2.95. The Bertz CT molecular complexity index is 711. The average molecular weight is 271 g/mol. The highest BCUT2D eigenvalue weighted by Crippen LogP contribution is 2.37. The van der Waals surface area contributed by atoms with Crippen LogP contribution >= 0.6 is 0 Å². The maximum Gasteiger partial charge on any atom is 0.138 e. The Kier molecular flexibility index (Phi) is 2.94. The maximum atomic E-state index is 14.5. The van der Waals surface area contributed by atoms with Gasteiger partial charge in [0.05, 0.1) is 17.4 Å². The van der Waals surface area contributed by atoms with Gasteiger partial charge in [-0.25, -0.2) is 4.39 Å². The highest BCUT2D eigenvalue weighted by atomic mass is 19.1. The van der Waals surface area contributed by atoms with Crippen LogP contribution in [0, 0.1) is 24.1 Å². The first-order valence-corrected chi connectivity index (χ1v) is 6.50. The molecule has 20 heavy (non-hydrogen) atoms. The minimum Gasteiger partial charge on any atom is -0.489 e. The van der Waals surface area contributed by atoms with Gasteiger partial charge in [-0.05, 0) is 37.5 Å². The van der Waals surface area contributed by atoms with Crippen molar-refractivity contribution in [1.82, 2.24) is 9.78 Å². The van der Waals surface area contributed by atoms with E-state index >= 15 is 0 Å². The van der Waals surface area contributed by atoms with Crippen molar-refractivity contribution in [2.45, 2.75) is 25.9 Å². The molecule has 1 aromatic carbocycles. The van der Waals surface area contributed by atoms with Crippen molar-refractivity contribution in [2.75, 3.05) is 0 Å². The third-order valence-electron chi connectivity index (χ3n) is 3.42.